The van der Waals surface area contributed by atoms with Gasteiger partial charge in [0.15, 0.2) is 9.84 Å². The third kappa shape index (κ3) is 4.09. The molecule has 2 aromatic rings. The molecule has 4 heteroatoms. The van der Waals surface area contributed by atoms with Crippen LogP contribution in [0.3, 0.4) is 0 Å². The van der Waals surface area contributed by atoms with E-state index in [-0.39, 0.29) is 11.5 Å². The Labute approximate surface area is 125 Å². The first-order chi connectivity index (χ1) is 9.35. The molecule has 2 nitrogen and oxygen atoms in total. The van der Waals surface area contributed by atoms with Crippen LogP contribution >= 0.6 is 11.6 Å². The van der Waals surface area contributed by atoms with Gasteiger partial charge in [0.1, 0.15) is 0 Å². The highest BCUT2D eigenvalue weighted by Gasteiger charge is 2.14. The zero-order chi connectivity index (χ0) is 14.8. The van der Waals surface area contributed by atoms with E-state index in [1.54, 1.807) is 24.3 Å². The Bertz CT molecular complexity index is 704. The number of halogens is 1. The molecule has 0 radical (unpaired) electrons. The van der Waals surface area contributed by atoms with Crippen LogP contribution in [0.5, 0.6) is 0 Å². The van der Waals surface area contributed by atoms with Gasteiger partial charge in [-0.3, -0.25) is 0 Å². The molecular weight excluding hydrogens is 292 g/mol. The summed E-state index contributed by atoms with van der Waals surface area (Å²) in [5.41, 5.74) is 3.72. The number of sulfone groups is 1. The number of hydrogen-bond donors (Lipinski definition) is 0. The van der Waals surface area contributed by atoms with Crippen molar-refractivity contribution in [3.05, 3.63) is 69.7 Å². The monoisotopic (exact) mass is 308 g/mol. The predicted molar refractivity (Wildman–Crippen MR) is 83.7 cm³/mol. The van der Waals surface area contributed by atoms with E-state index in [4.69, 9.17) is 11.6 Å². The fraction of sp³-hybridized carbons (Fsp3) is 0.250. The lowest BCUT2D eigenvalue weighted by Gasteiger charge is -2.09. The Morgan fingerprint density at radius 2 is 1.60 bits per heavy atom. The normalized spacial score (nSPS) is 11.6. The van der Waals surface area contributed by atoms with Crippen LogP contribution in [0.25, 0.3) is 0 Å². The molecule has 0 heterocycles. The van der Waals surface area contributed by atoms with Crippen LogP contribution in [0.2, 0.25) is 5.02 Å². The summed E-state index contributed by atoms with van der Waals surface area (Å²) in [5.74, 6) is 0.112. The van der Waals surface area contributed by atoms with Crippen molar-refractivity contribution < 1.29 is 8.42 Å². The molecule has 0 amide bonds. The molecule has 20 heavy (non-hydrogen) atoms. The van der Waals surface area contributed by atoms with Gasteiger partial charge in [0.05, 0.1) is 11.5 Å². The van der Waals surface area contributed by atoms with Crippen molar-refractivity contribution in [2.45, 2.75) is 25.4 Å². The highest BCUT2D eigenvalue weighted by molar-refractivity contribution is 7.89. The molecule has 0 fully saturated rings. The molecular formula is C16H17ClO2S. The van der Waals surface area contributed by atoms with E-state index in [0.717, 1.165) is 22.3 Å². The fourth-order valence-corrected chi connectivity index (χ4v) is 3.79. The van der Waals surface area contributed by atoms with Gasteiger partial charge >= 0.3 is 0 Å². The van der Waals surface area contributed by atoms with Crippen LogP contribution < -0.4 is 0 Å². The topological polar surface area (TPSA) is 34.1 Å². The molecule has 0 saturated heterocycles. The second-order valence-electron chi connectivity index (χ2n) is 5.09. The summed E-state index contributed by atoms with van der Waals surface area (Å²) in [4.78, 5) is 0. The summed E-state index contributed by atoms with van der Waals surface area (Å²) in [7, 11) is -3.18. The zero-order valence-corrected chi connectivity index (χ0v) is 13.1. The minimum Gasteiger partial charge on any atom is -0.228 e. The summed E-state index contributed by atoms with van der Waals surface area (Å²) in [6.45, 7) is 3.90. The Morgan fingerprint density at radius 3 is 2.25 bits per heavy atom. The smallest absolute Gasteiger partial charge is 0.158 e. The highest BCUT2D eigenvalue weighted by Crippen LogP contribution is 2.18. The summed E-state index contributed by atoms with van der Waals surface area (Å²) in [6, 6.07) is 12.8. The van der Waals surface area contributed by atoms with Crippen LogP contribution in [0.15, 0.2) is 42.5 Å². The first kappa shape index (κ1) is 15.1. The molecule has 0 bridgehead atoms. The van der Waals surface area contributed by atoms with Gasteiger partial charge in [-0.1, -0.05) is 47.5 Å². The summed E-state index contributed by atoms with van der Waals surface area (Å²) in [5, 5.41) is 0.612. The van der Waals surface area contributed by atoms with Gasteiger partial charge in [0, 0.05) is 5.02 Å². The quantitative estimate of drug-likeness (QED) is 0.853. The largest absolute Gasteiger partial charge is 0.228 e. The molecule has 0 saturated carbocycles. The van der Waals surface area contributed by atoms with E-state index in [2.05, 4.69) is 0 Å². The zero-order valence-electron chi connectivity index (χ0n) is 11.6. The van der Waals surface area contributed by atoms with Crippen LogP contribution in [0.4, 0.5) is 0 Å². The van der Waals surface area contributed by atoms with Crippen molar-refractivity contribution in [2.75, 3.05) is 0 Å². The predicted octanol–water partition coefficient (Wildman–Crippen LogP) is 4.07. The summed E-state index contributed by atoms with van der Waals surface area (Å²) < 4.78 is 24.6. The van der Waals surface area contributed by atoms with E-state index in [0.29, 0.717) is 5.02 Å². The lowest BCUT2D eigenvalue weighted by Crippen LogP contribution is -2.08. The Hall–Kier alpha value is -1.32. The number of aryl methyl sites for hydroxylation is 2. The minimum atomic E-state index is -3.18. The third-order valence-electron chi connectivity index (χ3n) is 3.18. The van der Waals surface area contributed by atoms with Gasteiger partial charge < -0.3 is 0 Å². The standard InChI is InChI=1S/C16H17ClO2S/c1-12-3-4-13(2)15(9-12)11-20(18,19)10-14-5-7-16(17)8-6-14/h3-9H,10-11H2,1-2H3. The lowest BCUT2D eigenvalue weighted by atomic mass is 10.1. The minimum absolute atomic E-state index is 0.0392. The van der Waals surface area contributed by atoms with Crippen molar-refractivity contribution in [1.29, 1.82) is 0 Å². The maximum atomic E-state index is 12.3. The van der Waals surface area contributed by atoms with Crippen molar-refractivity contribution in [2.24, 2.45) is 0 Å². The van der Waals surface area contributed by atoms with Gasteiger partial charge in [0.25, 0.3) is 0 Å². The van der Waals surface area contributed by atoms with E-state index in [9.17, 15) is 8.42 Å². The Morgan fingerprint density at radius 1 is 0.950 bits per heavy atom. The van der Waals surface area contributed by atoms with Gasteiger partial charge in [-0.25, -0.2) is 8.42 Å². The number of benzene rings is 2. The summed E-state index contributed by atoms with van der Waals surface area (Å²) >= 11 is 5.80. The van der Waals surface area contributed by atoms with Crippen molar-refractivity contribution in [3.8, 4) is 0 Å². The van der Waals surface area contributed by atoms with Gasteiger partial charge in [-0.15, -0.1) is 0 Å². The molecule has 0 N–H and O–H groups in total. The maximum Gasteiger partial charge on any atom is 0.158 e. The first-order valence-corrected chi connectivity index (χ1v) is 8.57. The highest BCUT2D eigenvalue weighted by atomic mass is 35.5. The molecule has 0 unspecified atom stereocenters. The third-order valence-corrected chi connectivity index (χ3v) is 4.96. The van der Waals surface area contributed by atoms with E-state index in [1.807, 2.05) is 32.0 Å². The molecule has 0 spiro atoms. The van der Waals surface area contributed by atoms with Crippen molar-refractivity contribution in [1.82, 2.24) is 0 Å². The van der Waals surface area contributed by atoms with Gasteiger partial charge in [-0.2, -0.15) is 0 Å². The first-order valence-electron chi connectivity index (χ1n) is 6.37. The second kappa shape index (κ2) is 5.98. The van der Waals surface area contributed by atoms with E-state index in [1.165, 1.54) is 0 Å². The maximum absolute atomic E-state index is 12.3. The lowest BCUT2D eigenvalue weighted by molar-refractivity contribution is 0.594. The molecule has 0 aliphatic heterocycles. The van der Waals surface area contributed by atoms with E-state index >= 15 is 0 Å². The average Bonchev–Trinajstić information content (AvgIpc) is 2.36. The Balaban J connectivity index is 2.19. The van der Waals surface area contributed by atoms with Crippen LogP contribution in [0.1, 0.15) is 22.3 Å². The molecule has 0 atom stereocenters. The molecule has 2 rings (SSSR count). The number of hydrogen-bond acceptors (Lipinski definition) is 2. The molecule has 2 aromatic carbocycles. The number of rotatable bonds is 4. The fourth-order valence-electron chi connectivity index (χ4n) is 2.08. The Kier molecular flexibility index (Phi) is 4.51. The van der Waals surface area contributed by atoms with Crippen molar-refractivity contribution >= 4 is 21.4 Å². The molecule has 106 valence electrons. The van der Waals surface area contributed by atoms with E-state index < -0.39 is 9.84 Å². The van der Waals surface area contributed by atoms with Crippen molar-refractivity contribution in [3.63, 3.8) is 0 Å². The SMILES string of the molecule is Cc1ccc(C)c(CS(=O)(=O)Cc2ccc(Cl)cc2)c1. The van der Waals surface area contributed by atoms with Crippen LogP contribution in [0, 0.1) is 13.8 Å². The van der Waals surface area contributed by atoms with Gasteiger partial charge in [0.2, 0.25) is 0 Å². The van der Waals surface area contributed by atoms with Gasteiger partial charge in [-0.05, 0) is 42.7 Å². The molecule has 0 aliphatic carbocycles. The summed E-state index contributed by atoms with van der Waals surface area (Å²) in [6.07, 6.45) is 0. The molecule has 0 aromatic heterocycles. The average molecular weight is 309 g/mol. The second-order valence-corrected chi connectivity index (χ2v) is 7.59. The van der Waals surface area contributed by atoms with Crippen LogP contribution in [-0.4, -0.2) is 8.42 Å². The molecule has 0 aliphatic rings. The van der Waals surface area contributed by atoms with Crippen LogP contribution in [-0.2, 0) is 21.3 Å².